The molecule has 0 saturated carbocycles. The highest BCUT2D eigenvalue weighted by Gasteiger charge is 2.23. The highest BCUT2D eigenvalue weighted by atomic mass is 35.5. The van der Waals surface area contributed by atoms with Crippen LogP contribution in [0.1, 0.15) is 29.8 Å². The molecule has 1 aromatic heterocycles. The summed E-state index contributed by atoms with van der Waals surface area (Å²) in [7, 11) is -3.58. The summed E-state index contributed by atoms with van der Waals surface area (Å²) in [6, 6.07) is 14.5. The summed E-state index contributed by atoms with van der Waals surface area (Å²) in [6.07, 6.45) is 2.19. The van der Waals surface area contributed by atoms with Crippen molar-refractivity contribution in [3.63, 3.8) is 0 Å². The number of aryl methyl sites for hydroxylation is 1. The number of sulfone groups is 1. The molecule has 1 atom stereocenters. The van der Waals surface area contributed by atoms with Gasteiger partial charge in [0.1, 0.15) is 0 Å². The summed E-state index contributed by atoms with van der Waals surface area (Å²) in [5.74, 6) is 0.181. The second-order valence-electron chi connectivity index (χ2n) is 8.08. The van der Waals surface area contributed by atoms with Gasteiger partial charge in [0.15, 0.2) is 21.5 Å². The molecule has 0 amide bonds. The van der Waals surface area contributed by atoms with E-state index in [9.17, 15) is 8.42 Å². The van der Waals surface area contributed by atoms with Crippen LogP contribution in [-0.4, -0.2) is 52.8 Å². The zero-order valence-corrected chi connectivity index (χ0v) is 19.5. The van der Waals surface area contributed by atoms with E-state index in [1.54, 1.807) is 24.3 Å². The minimum Gasteiger partial charge on any atom is -0.377 e. The fourth-order valence-corrected chi connectivity index (χ4v) is 5.08. The van der Waals surface area contributed by atoms with Crippen LogP contribution in [0.3, 0.4) is 0 Å². The molecule has 2 heterocycles. The summed E-state index contributed by atoms with van der Waals surface area (Å²) in [4.78, 5) is 2.43. The van der Waals surface area contributed by atoms with Gasteiger partial charge in [-0.1, -0.05) is 41.4 Å². The smallest absolute Gasteiger partial charge is 0.198 e. The van der Waals surface area contributed by atoms with Crippen LogP contribution in [-0.2, 0) is 33.5 Å². The normalized spacial score (nSPS) is 16.7. The van der Waals surface area contributed by atoms with E-state index in [4.69, 9.17) is 16.3 Å². The molecule has 2 aromatic carbocycles. The Balaban J connectivity index is 1.51. The van der Waals surface area contributed by atoms with E-state index in [1.807, 2.05) is 31.2 Å². The Kier molecular flexibility index (Phi) is 7.20. The lowest BCUT2D eigenvalue weighted by Crippen LogP contribution is -2.33. The first kappa shape index (κ1) is 22.8. The molecule has 0 N–H and O–H groups in total. The number of tetrazole rings is 1. The van der Waals surface area contributed by atoms with Gasteiger partial charge in [-0.2, -0.15) is 0 Å². The highest BCUT2D eigenvalue weighted by molar-refractivity contribution is 7.90. The third kappa shape index (κ3) is 5.92. The first-order valence-electron chi connectivity index (χ1n) is 10.5. The summed E-state index contributed by atoms with van der Waals surface area (Å²) < 4.78 is 33.0. The van der Waals surface area contributed by atoms with Crippen LogP contribution in [0.2, 0.25) is 5.02 Å². The van der Waals surface area contributed by atoms with Crippen molar-refractivity contribution in [2.24, 2.45) is 0 Å². The summed E-state index contributed by atoms with van der Waals surface area (Å²) in [5.41, 5.74) is 2.10. The average molecular weight is 476 g/mol. The lowest BCUT2D eigenvalue weighted by atomic mass is 10.2. The van der Waals surface area contributed by atoms with E-state index in [1.165, 1.54) is 4.68 Å². The highest BCUT2D eigenvalue weighted by Crippen LogP contribution is 2.19. The average Bonchev–Trinajstić information content (AvgIpc) is 3.42. The van der Waals surface area contributed by atoms with Gasteiger partial charge in [0.25, 0.3) is 0 Å². The third-order valence-electron chi connectivity index (χ3n) is 5.45. The van der Waals surface area contributed by atoms with Gasteiger partial charge in [0.2, 0.25) is 0 Å². The van der Waals surface area contributed by atoms with Crippen molar-refractivity contribution < 1.29 is 13.2 Å². The van der Waals surface area contributed by atoms with Crippen molar-refractivity contribution >= 4 is 21.4 Å². The van der Waals surface area contributed by atoms with Gasteiger partial charge in [-0.15, -0.1) is 5.10 Å². The standard InChI is InChI=1S/C22H26ClN5O3S/c1-17-4-10-21(11-5-17)32(29,30)16-28-22(24-25-26-28)15-27(14-20-3-2-12-31-20)13-18-6-8-19(23)9-7-18/h4-11,20H,2-3,12-16H2,1H3. The first-order valence-corrected chi connectivity index (χ1v) is 12.5. The first-order chi connectivity index (χ1) is 15.4. The zero-order chi connectivity index (χ0) is 22.6. The maximum Gasteiger partial charge on any atom is 0.198 e. The lowest BCUT2D eigenvalue weighted by Gasteiger charge is -2.24. The topological polar surface area (TPSA) is 90.2 Å². The number of aromatic nitrogens is 4. The van der Waals surface area contributed by atoms with Gasteiger partial charge in [-0.05, 0) is 60.0 Å². The summed E-state index contributed by atoms with van der Waals surface area (Å²) in [6.45, 7) is 4.44. The molecule has 10 heteroatoms. The number of hydrogen-bond donors (Lipinski definition) is 0. The van der Waals surface area contributed by atoms with Crippen LogP contribution in [0.4, 0.5) is 0 Å². The van der Waals surface area contributed by atoms with Crippen LogP contribution in [0.25, 0.3) is 0 Å². The molecule has 1 unspecified atom stereocenters. The molecule has 0 spiro atoms. The summed E-state index contributed by atoms with van der Waals surface area (Å²) in [5, 5.41) is 12.5. The Morgan fingerprint density at radius 3 is 2.56 bits per heavy atom. The van der Waals surface area contributed by atoms with E-state index < -0.39 is 9.84 Å². The predicted molar refractivity (Wildman–Crippen MR) is 121 cm³/mol. The number of ether oxygens (including phenoxy) is 1. The molecule has 0 aliphatic carbocycles. The van der Waals surface area contributed by atoms with Gasteiger partial charge >= 0.3 is 0 Å². The van der Waals surface area contributed by atoms with E-state index in [0.717, 1.165) is 30.6 Å². The van der Waals surface area contributed by atoms with E-state index >= 15 is 0 Å². The quantitative estimate of drug-likeness (QED) is 0.469. The maximum absolute atomic E-state index is 12.9. The van der Waals surface area contributed by atoms with Crippen LogP contribution < -0.4 is 0 Å². The van der Waals surface area contributed by atoms with Crippen molar-refractivity contribution in [3.05, 3.63) is 70.5 Å². The number of hydrogen-bond acceptors (Lipinski definition) is 7. The van der Waals surface area contributed by atoms with E-state index in [2.05, 4.69) is 20.4 Å². The molecule has 4 rings (SSSR count). The molecule has 3 aromatic rings. The number of halogens is 1. The number of benzene rings is 2. The Morgan fingerprint density at radius 1 is 1.12 bits per heavy atom. The molecule has 1 aliphatic rings. The van der Waals surface area contributed by atoms with Crippen LogP contribution in [0.5, 0.6) is 0 Å². The number of nitrogens with zero attached hydrogens (tertiary/aromatic N) is 5. The molecule has 0 bridgehead atoms. The van der Waals surface area contributed by atoms with E-state index in [-0.39, 0.29) is 16.9 Å². The van der Waals surface area contributed by atoms with Crippen molar-refractivity contribution in [1.29, 1.82) is 0 Å². The second-order valence-corrected chi connectivity index (χ2v) is 10.5. The second kappa shape index (κ2) is 10.1. The molecular weight excluding hydrogens is 450 g/mol. The fraction of sp³-hybridized carbons (Fsp3) is 0.409. The fourth-order valence-electron chi connectivity index (χ4n) is 3.73. The molecule has 170 valence electrons. The molecule has 1 saturated heterocycles. The molecular formula is C22H26ClN5O3S. The largest absolute Gasteiger partial charge is 0.377 e. The van der Waals surface area contributed by atoms with Crippen LogP contribution in [0, 0.1) is 6.92 Å². The monoisotopic (exact) mass is 475 g/mol. The van der Waals surface area contributed by atoms with Gasteiger partial charge in [-0.25, -0.2) is 13.1 Å². The molecule has 32 heavy (non-hydrogen) atoms. The molecule has 8 nitrogen and oxygen atoms in total. The summed E-state index contributed by atoms with van der Waals surface area (Å²) >= 11 is 6.02. The molecule has 0 radical (unpaired) electrons. The Labute approximate surface area is 193 Å². The number of rotatable bonds is 9. The van der Waals surface area contributed by atoms with Crippen molar-refractivity contribution in [2.75, 3.05) is 13.2 Å². The minimum atomic E-state index is -3.58. The van der Waals surface area contributed by atoms with Crippen LogP contribution >= 0.6 is 11.6 Å². The third-order valence-corrected chi connectivity index (χ3v) is 7.28. The van der Waals surface area contributed by atoms with Gasteiger partial charge < -0.3 is 4.74 Å². The maximum atomic E-state index is 12.9. The van der Waals surface area contributed by atoms with Gasteiger partial charge in [0, 0.05) is 24.7 Å². The SMILES string of the molecule is Cc1ccc(S(=O)(=O)Cn2nnnc2CN(Cc2ccc(Cl)cc2)CC2CCCO2)cc1. The van der Waals surface area contributed by atoms with E-state index in [0.29, 0.717) is 30.5 Å². The minimum absolute atomic E-state index is 0.142. The van der Waals surface area contributed by atoms with Crippen molar-refractivity contribution in [3.8, 4) is 0 Å². The van der Waals surface area contributed by atoms with Crippen LogP contribution in [0.15, 0.2) is 53.4 Å². The zero-order valence-electron chi connectivity index (χ0n) is 17.9. The van der Waals surface area contributed by atoms with Crippen molar-refractivity contribution in [2.45, 2.75) is 49.7 Å². The van der Waals surface area contributed by atoms with Gasteiger partial charge in [0.05, 0.1) is 17.5 Å². The molecule has 1 fully saturated rings. The van der Waals surface area contributed by atoms with Crippen molar-refractivity contribution in [1.82, 2.24) is 25.1 Å². The Hall–Kier alpha value is -2.33. The van der Waals surface area contributed by atoms with Gasteiger partial charge in [-0.3, -0.25) is 4.90 Å². The lowest BCUT2D eigenvalue weighted by molar-refractivity contribution is 0.0665. The Morgan fingerprint density at radius 2 is 1.88 bits per heavy atom. The Bertz CT molecular complexity index is 1130. The molecule has 1 aliphatic heterocycles. The predicted octanol–water partition coefficient (Wildman–Crippen LogP) is 3.25.